The minimum atomic E-state index is 0.133. The van der Waals surface area contributed by atoms with E-state index in [0.717, 1.165) is 25.1 Å². The third-order valence-electron chi connectivity index (χ3n) is 3.08. The quantitative estimate of drug-likeness (QED) is 0.845. The summed E-state index contributed by atoms with van der Waals surface area (Å²) in [5.41, 5.74) is 1.09. The Morgan fingerprint density at radius 2 is 2.33 bits per heavy atom. The van der Waals surface area contributed by atoms with Crippen LogP contribution in [-0.2, 0) is 11.2 Å². The maximum absolute atomic E-state index is 11.6. The molecule has 0 atom stereocenters. The summed E-state index contributed by atoms with van der Waals surface area (Å²) in [5, 5.41) is 6.61. The number of nitrogens with one attached hydrogen (secondary N) is 2. The van der Waals surface area contributed by atoms with E-state index in [0.29, 0.717) is 17.3 Å². The molecule has 18 heavy (non-hydrogen) atoms. The Morgan fingerprint density at radius 3 is 2.89 bits per heavy atom. The number of amides is 1. The third-order valence-corrected chi connectivity index (χ3v) is 3.38. The number of hydrogen-bond donors (Lipinski definition) is 2. The number of halogens is 1. The van der Waals surface area contributed by atoms with Crippen molar-refractivity contribution in [1.29, 1.82) is 0 Å². The zero-order valence-electron chi connectivity index (χ0n) is 10.3. The average Bonchev–Trinajstić information content (AvgIpc) is 2.27. The topological polar surface area (TPSA) is 50.4 Å². The van der Waals surface area contributed by atoms with Crippen LogP contribution in [-0.4, -0.2) is 32.7 Å². The van der Waals surface area contributed by atoms with Crippen LogP contribution in [0, 0.1) is 5.92 Å². The summed E-state index contributed by atoms with van der Waals surface area (Å²) in [7, 11) is 1.59. The monoisotopic (exact) mass is 268 g/mol. The summed E-state index contributed by atoms with van der Waals surface area (Å²) >= 11 is 6.03. The van der Waals surface area contributed by atoms with E-state index in [1.54, 1.807) is 7.11 Å². The van der Waals surface area contributed by atoms with Gasteiger partial charge < -0.3 is 15.4 Å². The second-order valence-electron chi connectivity index (χ2n) is 4.37. The maximum Gasteiger partial charge on any atom is 0.225 e. The lowest BCUT2D eigenvalue weighted by Crippen LogP contribution is -2.51. The fourth-order valence-electron chi connectivity index (χ4n) is 1.81. The number of methoxy groups -OCH3 is 1. The molecule has 1 amide bonds. The van der Waals surface area contributed by atoms with E-state index in [2.05, 4.69) is 10.6 Å². The molecule has 0 aliphatic carbocycles. The summed E-state index contributed by atoms with van der Waals surface area (Å²) in [4.78, 5) is 11.6. The van der Waals surface area contributed by atoms with E-state index in [1.165, 1.54) is 0 Å². The SMILES string of the molecule is COc1ccc(CCNC(=O)C2CNC2)cc1Cl. The highest BCUT2D eigenvalue weighted by molar-refractivity contribution is 6.32. The van der Waals surface area contributed by atoms with Crippen molar-refractivity contribution in [2.24, 2.45) is 5.92 Å². The number of ether oxygens (including phenoxy) is 1. The number of hydrogen-bond acceptors (Lipinski definition) is 3. The van der Waals surface area contributed by atoms with Gasteiger partial charge in [0, 0.05) is 19.6 Å². The highest BCUT2D eigenvalue weighted by Gasteiger charge is 2.24. The first-order valence-electron chi connectivity index (χ1n) is 6.01. The Labute approximate surface area is 112 Å². The van der Waals surface area contributed by atoms with E-state index < -0.39 is 0 Å². The van der Waals surface area contributed by atoms with Gasteiger partial charge in [0.2, 0.25) is 5.91 Å². The largest absolute Gasteiger partial charge is 0.495 e. The fraction of sp³-hybridized carbons (Fsp3) is 0.462. The molecule has 2 N–H and O–H groups in total. The highest BCUT2D eigenvalue weighted by atomic mass is 35.5. The van der Waals surface area contributed by atoms with Crippen molar-refractivity contribution in [2.45, 2.75) is 6.42 Å². The molecular weight excluding hydrogens is 252 g/mol. The van der Waals surface area contributed by atoms with E-state index in [1.807, 2.05) is 18.2 Å². The van der Waals surface area contributed by atoms with Crippen molar-refractivity contribution in [3.05, 3.63) is 28.8 Å². The molecule has 0 radical (unpaired) electrons. The first-order valence-corrected chi connectivity index (χ1v) is 6.39. The zero-order chi connectivity index (χ0) is 13.0. The molecule has 1 heterocycles. The van der Waals surface area contributed by atoms with E-state index >= 15 is 0 Å². The lowest BCUT2D eigenvalue weighted by molar-refractivity contribution is -0.126. The van der Waals surface area contributed by atoms with Gasteiger partial charge in [-0.15, -0.1) is 0 Å². The summed E-state index contributed by atoms with van der Waals surface area (Å²) in [5.74, 6) is 0.947. The van der Waals surface area contributed by atoms with Gasteiger partial charge in [-0.1, -0.05) is 17.7 Å². The molecule has 98 valence electrons. The first kappa shape index (κ1) is 13.2. The molecule has 4 nitrogen and oxygen atoms in total. The summed E-state index contributed by atoms with van der Waals surface area (Å²) in [6, 6.07) is 5.68. The fourth-order valence-corrected chi connectivity index (χ4v) is 2.09. The van der Waals surface area contributed by atoms with Crippen molar-refractivity contribution < 1.29 is 9.53 Å². The Morgan fingerprint density at radius 1 is 1.56 bits per heavy atom. The highest BCUT2D eigenvalue weighted by Crippen LogP contribution is 2.24. The summed E-state index contributed by atoms with van der Waals surface area (Å²) < 4.78 is 5.09. The molecule has 0 bridgehead atoms. The van der Waals surface area contributed by atoms with Crippen LogP contribution in [0.25, 0.3) is 0 Å². The molecule has 0 spiro atoms. The summed E-state index contributed by atoms with van der Waals surface area (Å²) in [6.07, 6.45) is 0.773. The molecule has 0 saturated carbocycles. The number of carbonyl (C=O) groups excluding carboxylic acids is 1. The molecule has 5 heteroatoms. The van der Waals surface area contributed by atoms with Crippen molar-refractivity contribution in [3.8, 4) is 5.75 Å². The number of rotatable bonds is 5. The van der Waals surface area contributed by atoms with E-state index in [9.17, 15) is 4.79 Å². The molecule has 1 aromatic rings. The third kappa shape index (κ3) is 3.15. The van der Waals surface area contributed by atoms with Crippen LogP contribution in [0.2, 0.25) is 5.02 Å². The van der Waals surface area contributed by atoms with Crippen molar-refractivity contribution in [1.82, 2.24) is 10.6 Å². The van der Waals surface area contributed by atoms with Gasteiger partial charge in [-0.2, -0.15) is 0 Å². The van der Waals surface area contributed by atoms with Gasteiger partial charge in [0.15, 0.2) is 0 Å². The van der Waals surface area contributed by atoms with Crippen molar-refractivity contribution >= 4 is 17.5 Å². The average molecular weight is 269 g/mol. The lowest BCUT2D eigenvalue weighted by atomic mass is 10.0. The molecule has 1 fully saturated rings. The van der Waals surface area contributed by atoms with Gasteiger partial charge in [0.1, 0.15) is 5.75 Å². The molecule has 1 aromatic carbocycles. The Bertz CT molecular complexity index is 433. The Kier molecular flexibility index (Phi) is 4.44. The number of benzene rings is 1. The normalized spacial score (nSPS) is 15.0. The van der Waals surface area contributed by atoms with Crippen LogP contribution in [0.3, 0.4) is 0 Å². The van der Waals surface area contributed by atoms with Gasteiger partial charge in [0.25, 0.3) is 0 Å². The molecule has 1 saturated heterocycles. The molecule has 1 aliphatic rings. The van der Waals surface area contributed by atoms with Gasteiger partial charge in [-0.3, -0.25) is 4.79 Å². The van der Waals surface area contributed by atoms with Gasteiger partial charge >= 0.3 is 0 Å². The van der Waals surface area contributed by atoms with Crippen LogP contribution >= 0.6 is 11.6 Å². The predicted octanol–water partition coefficient (Wildman–Crippen LogP) is 1.23. The molecule has 0 unspecified atom stereocenters. The minimum Gasteiger partial charge on any atom is -0.495 e. The predicted molar refractivity (Wildman–Crippen MR) is 71.1 cm³/mol. The van der Waals surface area contributed by atoms with Crippen LogP contribution in [0.1, 0.15) is 5.56 Å². The first-order chi connectivity index (χ1) is 8.70. The summed E-state index contributed by atoms with van der Waals surface area (Å²) in [6.45, 7) is 2.22. The van der Waals surface area contributed by atoms with Crippen LogP contribution in [0.15, 0.2) is 18.2 Å². The zero-order valence-corrected chi connectivity index (χ0v) is 11.1. The van der Waals surface area contributed by atoms with Crippen molar-refractivity contribution in [2.75, 3.05) is 26.7 Å². The second kappa shape index (κ2) is 6.07. The van der Waals surface area contributed by atoms with Gasteiger partial charge in [-0.25, -0.2) is 0 Å². The molecule has 0 aromatic heterocycles. The molecule has 2 rings (SSSR count). The lowest BCUT2D eigenvalue weighted by Gasteiger charge is -2.25. The van der Waals surface area contributed by atoms with Gasteiger partial charge in [-0.05, 0) is 24.1 Å². The number of carbonyl (C=O) groups is 1. The maximum atomic E-state index is 11.6. The smallest absolute Gasteiger partial charge is 0.225 e. The van der Waals surface area contributed by atoms with Gasteiger partial charge in [0.05, 0.1) is 18.1 Å². The van der Waals surface area contributed by atoms with E-state index in [-0.39, 0.29) is 11.8 Å². The Balaban J connectivity index is 1.79. The molecular formula is C13H17ClN2O2. The van der Waals surface area contributed by atoms with E-state index in [4.69, 9.17) is 16.3 Å². The van der Waals surface area contributed by atoms with Crippen molar-refractivity contribution in [3.63, 3.8) is 0 Å². The van der Waals surface area contributed by atoms with Crippen LogP contribution < -0.4 is 15.4 Å². The van der Waals surface area contributed by atoms with Crippen LogP contribution in [0.4, 0.5) is 0 Å². The minimum absolute atomic E-state index is 0.133. The second-order valence-corrected chi connectivity index (χ2v) is 4.77. The molecule has 1 aliphatic heterocycles. The Hall–Kier alpha value is -1.26. The standard InChI is InChI=1S/C13H17ClN2O2/c1-18-12-3-2-9(6-11(12)14)4-5-16-13(17)10-7-15-8-10/h2-3,6,10,15H,4-5,7-8H2,1H3,(H,16,17). The van der Waals surface area contributed by atoms with Crippen LogP contribution in [0.5, 0.6) is 5.75 Å².